The number of thiophene rings is 1. The molecular formula is C26H24N4O4S. The third-order valence-electron chi connectivity index (χ3n) is 5.62. The van der Waals surface area contributed by atoms with Crippen molar-refractivity contribution in [1.82, 2.24) is 14.1 Å². The molecule has 5 rings (SSSR count). The molecule has 5 aromatic rings. The van der Waals surface area contributed by atoms with Crippen molar-refractivity contribution in [1.29, 1.82) is 0 Å². The Balaban J connectivity index is 0.00000141. The standard InChI is InChI=1S/C25H20N4O3S.CH4O/c1-15-9-16(28-8-7-27-14-28)3-5-19(15)21-12-24-22(11-18(13-30)33-24)29(21)17-4-6-20(25(26)31)23(10-17)32-2;1-2/h3-14H,1-2H3,(H2,26,31);2H,1H3. The molecule has 0 aliphatic rings. The number of benzene rings is 2. The van der Waals surface area contributed by atoms with E-state index in [-0.39, 0.29) is 0 Å². The molecule has 3 heterocycles. The van der Waals surface area contributed by atoms with Gasteiger partial charge in [0.15, 0.2) is 6.29 Å². The van der Waals surface area contributed by atoms with Crippen LogP contribution in [0, 0.1) is 6.92 Å². The molecule has 0 aliphatic heterocycles. The number of methoxy groups -OCH3 is 1. The molecule has 0 unspecified atom stereocenters. The van der Waals surface area contributed by atoms with E-state index in [9.17, 15) is 9.59 Å². The van der Waals surface area contributed by atoms with Crippen LogP contribution in [0.4, 0.5) is 0 Å². The number of carbonyl (C=O) groups excluding carboxylic acids is 2. The minimum Gasteiger partial charge on any atom is -0.496 e. The minimum absolute atomic E-state index is 0.311. The Labute approximate surface area is 205 Å². The van der Waals surface area contributed by atoms with Crippen LogP contribution < -0.4 is 10.5 Å². The Bertz CT molecular complexity index is 1520. The quantitative estimate of drug-likeness (QED) is 0.345. The normalized spacial score (nSPS) is 10.6. The summed E-state index contributed by atoms with van der Waals surface area (Å²) in [6.45, 7) is 2.06. The van der Waals surface area contributed by atoms with Gasteiger partial charge in [-0.15, -0.1) is 11.3 Å². The summed E-state index contributed by atoms with van der Waals surface area (Å²) in [5.41, 5.74) is 11.6. The maximum atomic E-state index is 11.8. The van der Waals surface area contributed by atoms with Gasteiger partial charge in [-0.3, -0.25) is 9.59 Å². The molecule has 0 saturated carbocycles. The average Bonchev–Trinajstić information content (AvgIpc) is 3.61. The Kier molecular flexibility index (Phi) is 6.81. The number of aryl methyl sites for hydroxylation is 1. The van der Waals surface area contributed by atoms with Crippen LogP contribution in [0.2, 0.25) is 0 Å². The molecule has 0 radical (unpaired) electrons. The van der Waals surface area contributed by atoms with Crippen LogP contribution in [0.3, 0.4) is 0 Å². The van der Waals surface area contributed by atoms with Crippen LogP contribution in [-0.4, -0.2) is 45.6 Å². The molecule has 9 heteroatoms. The molecule has 8 nitrogen and oxygen atoms in total. The van der Waals surface area contributed by atoms with Gasteiger partial charge in [-0.05, 0) is 48.9 Å². The van der Waals surface area contributed by atoms with Gasteiger partial charge < -0.3 is 24.7 Å². The van der Waals surface area contributed by atoms with Gasteiger partial charge in [0.05, 0.1) is 39.8 Å². The number of imidazole rings is 1. The molecule has 3 N–H and O–H groups in total. The molecular weight excluding hydrogens is 464 g/mol. The molecule has 2 aromatic carbocycles. The zero-order valence-electron chi connectivity index (χ0n) is 19.4. The molecule has 35 heavy (non-hydrogen) atoms. The maximum Gasteiger partial charge on any atom is 0.252 e. The number of fused-ring (bicyclic) bond motifs is 1. The summed E-state index contributed by atoms with van der Waals surface area (Å²) in [7, 11) is 2.51. The van der Waals surface area contributed by atoms with Crippen LogP contribution in [0.25, 0.3) is 32.8 Å². The van der Waals surface area contributed by atoms with Gasteiger partial charge in [0.1, 0.15) is 5.75 Å². The van der Waals surface area contributed by atoms with E-state index in [1.807, 2.05) is 29.0 Å². The Morgan fingerprint density at radius 1 is 1.11 bits per heavy atom. The summed E-state index contributed by atoms with van der Waals surface area (Å²) in [6, 6.07) is 15.5. The fourth-order valence-electron chi connectivity index (χ4n) is 4.08. The van der Waals surface area contributed by atoms with E-state index in [0.717, 1.165) is 51.8 Å². The fourth-order valence-corrected chi connectivity index (χ4v) is 4.97. The molecule has 0 saturated heterocycles. The van der Waals surface area contributed by atoms with Gasteiger partial charge in [0.2, 0.25) is 0 Å². The first kappa shape index (κ1) is 23.9. The number of ether oxygens (including phenoxy) is 1. The second-order valence-corrected chi connectivity index (χ2v) is 8.71. The highest BCUT2D eigenvalue weighted by atomic mass is 32.1. The van der Waals surface area contributed by atoms with Crippen molar-refractivity contribution in [3.63, 3.8) is 0 Å². The monoisotopic (exact) mass is 488 g/mol. The van der Waals surface area contributed by atoms with Crippen LogP contribution in [-0.2, 0) is 0 Å². The number of nitrogens with two attached hydrogens (primary N) is 1. The van der Waals surface area contributed by atoms with Crippen molar-refractivity contribution in [2.75, 3.05) is 14.2 Å². The lowest BCUT2D eigenvalue weighted by Gasteiger charge is -2.15. The highest BCUT2D eigenvalue weighted by Gasteiger charge is 2.19. The molecule has 0 atom stereocenters. The van der Waals surface area contributed by atoms with Crippen molar-refractivity contribution < 1.29 is 19.4 Å². The molecule has 3 aromatic heterocycles. The van der Waals surface area contributed by atoms with E-state index in [1.54, 1.807) is 24.7 Å². The van der Waals surface area contributed by atoms with Crippen molar-refractivity contribution >= 4 is 33.7 Å². The number of aliphatic hydroxyl groups is 1. The van der Waals surface area contributed by atoms with Crippen LogP contribution in [0.5, 0.6) is 5.75 Å². The summed E-state index contributed by atoms with van der Waals surface area (Å²) in [5.74, 6) is -0.160. The number of carbonyl (C=O) groups is 2. The zero-order chi connectivity index (χ0) is 25.1. The smallest absolute Gasteiger partial charge is 0.252 e. The number of aldehydes is 1. The number of rotatable bonds is 6. The van der Waals surface area contributed by atoms with E-state index < -0.39 is 5.91 Å². The summed E-state index contributed by atoms with van der Waals surface area (Å²) in [6.07, 6.45) is 6.27. The topological polar surface area (TPSA) is 112 Å². The van der Waals surface area contributed by atoms with Crippen LogP contribution >= 0.6 is 11.3 Å². The van der Waals surface area contributed by atoms with Crippen molar-refractivity contribution in [2.45, 2.75) is 6.92 Å². The molecule has 1 amide bonds. The third kappa shape index (κ3) is 4.34. The zero-order valence-corrected chi connectivity index (χ0v) is 20.2. The Hall–Kier alpha value is -4.21. The van der Waals surface area contributed by atoms with E-state index >= 15 is 0 Å². The molecule has 178 valence electrons. The van der Waals surface area contributed by atoms with E-state index in [0.29, 0.717) is 16.2 Å². The van der Waals surface area contributed by atoms with Gasteiger partial charge in [0.25, 0.3) is 5.91 Å². The first-order valence-corrected chi connectivity index (χ1v) is 11.4. The van der Waals surface area contributed by atoms with Crippen molar-refractivity contribution in [3.8, 4) is 28.4 Å². The summed E-state index contributed by atoms with van der Waals surface area (Å²) in [5, 5.41) is 7.00. The number of hydrogen-bond acceptors (Lipinski definition) is 6. The van der Waals surface area contributed by atoms with Gasteiger partial charge >= 0.3 is 0 Å². The molecule has 0 aliphatic carbocycles. The second-order valence-electron chi connectivity index (χ2n) is 7.60. The largest absolute Gasteiger partial charge is 0.496 e. The van der Waals surface area contributed by atoms with E-state index in [4.69, 9.17) is 15.6 Å². The highest BCUT2D eigenvalue weighted by Crippen LogP contribution is 2.38. The Morgan fingerprint density at radius 3 is 2.51 bits per heavy atom. The first-order chi connectivity index (χ1) is 17.0. The number of amides is 1. The van der Waals surface area contributed by atoms with Gasteiger partial charge in [-0.25, -0.2) is 4.98 Å². The SMILES string of the molecule is CO.COc1cc(-n2c(-c3ccc(-n4ccnc4)cc3C)cc3sc(C=O)cc32)ccc1C(N)=O. The van der Waals surface area contributed by atoms with Gasteiger partial charge in [0, 0.05) is 42.5 Å². The summed E-state index contributed by atoms with van der Waals surface area (Å²) in [4.78, 5) is 28.0. The number of nitrogens with zero attached hydrogens (tertiary/aromatic N) is 3. The van der Waals surface area contributed by atoms with Crippen LogP contribution in [0.1, 0.15) is 25.6 Å². The molecule has 0 spiro atoms. The Morgan fingerprint density at radius 2 is 1.89 bits per heavy atom. The minimum atomic E-state index is -0.555. The maximum absolute atomic E-state index is 11.8. The lowest BCUT2D eigenvalue weighted by Crippen LogP contribution is -2.12. The van der Waals surface area contributed by atoms with E-state index in [2.05, 4.69) is 34.7 Å². The number of hydrogen-bond donors (Lipinski definition) is 2. The third-order valence-corrected chi connectivity index (χ3v) is 6.62. The number of primary amides is 1. The van der Waals surface area contributed by atoms with Crippen LogP contribution in [0.15, 0.2) is 67.3 Å². The average molecular weight is 489 g/mol. The van der Waals surface area contributed by atoms with Crippen molar-refractivity contribution in [2.24, 2.45) is 5.73 Å². The number of aliphatic hydroxyl groups excluding tert-OH is 1. The molecule has 0 fully saturated rings. The predicted molar refractivity (Wildman–Crippen MR) is 137 cm³/mol. The molecule has 0 bridgehead atoms. The lowest BCUT2D eigenvalue weighted by atomic mass is 10.0. The number of aromatic nitrogens is 3. The van der Waals surface area contributed by atoms with Gasteiger partial charge in [-0.1, -0.05) is 6.07 Å². The van der Waals surface area contributed by atoms with Crippen molar-refractivity contribution in [3.05, 3.63) is 83.3 Å². The van der Waals surface area contributed by atoms with E-state index in [1.165, 1.54) is 18.4 Å². The summed E-state index contributed by atoms with van der Waals surface area (Å²) >= 11 is 1.44. The second kappa shape index (κ2) is 9.96. The summed E-state index contributed by atoms with van der Waals surface area (Å²) < 4.78 is 10.5. The van der Waals surface area contributed by atoms with Gasteiger partial charge in [-0.2, -0.15) is 0 Å². The lowest BCUT2D eigenvalue weighted by molar-refractivity contribution is 0.0997. The highest BCUT2D eigenvalue weighted by molar-refractivity contribution is 7.20. The predicted octanol–water partition coefficient (Wildman–Crippen LogP) is 4.38. The fraction of sp³-hybridized carbons (Fsp3) is 0.115. The first-order valence-electron chi connectivity index (χ1n) is 10.6.